The van der Waals surface area contributed by atoms with Crippen molar-refractivity contribution < 1.29 is 14.3 Å². The summed E-state index contributed by atoms with van der Waals surface area (Å²) in [5.41, 5.74) is 4.03. The van der Waals surface area contributed by atoms with E-state index in [2.05, 4.69) is 10.6 Å². The van der Waals surface area contributed by atoms with Crippen LogP contribution in [0.5, 0.6) is 5.75 Å². The van der Waals surface area contributed by atoms with Gasteiger partial charge in [0.05, 0.1) is 22.5 Å². The van der Waals surface area contributed by atoms with E-state index in [9.17, 15) is 9.59 Å². The highest BCUT2D eigenvalue weighted by molar-refractivity contribution is 6.13. The van der Waals surface area contributed by atoms with Gasteiger partial charge in [-0.2, -0.15) is 0 Å². The first-order chi connectivity index (χ1) is 14.7. The van der Waals surface area contributed by atoms with Crippen molar-refractivity contribution in [2.75, 3.05) is 17.2 Å². The molecule has 4 aromatic rings. The van der Waals surface area contributed by atoms with Crippen molar-refractivity contribution in [3.05, 3.63) is 84.4 Å². The summed E-state index contributed by atoms with van der Waals surface area (Å²) in [6.07, 6.45) is 0. The number of anilines is 2. The van der Waals surface area contributed by atoms with Gasteiger partial charge in [-0.3, -0.25) is 9.59 Å². The molecule has 0 fully saturated rings. The number of amides is 2. The number of hydrogen-bond donors (Lipinski definition) is 2. The van der Waals surface area contributed by atoms with Gasteiger partial charge >= 0.3 is 0 Å². The molecule has 0 atom stereocenters. The topological polar surface area (TPSA) is 80.3 Å². The Hall–Kier alpha value is -4.19. The Balaban J connectivity index is 1.53. The van der Waals surface area contributed by atoms with Crippen molar-refractivity contribution in [3.63, 3.8) is 0 Å². The monoisotopic (exact) mass is 395 g/mol. The van der Waals surface area contributed by atoms with Gasteiger partial charge < -0.3 is 15.4 Å². The lowest BCUT2D eigenvalue weighted by Crippen LogP contribution is -2.25. The Morgan fingerprint density at radius 1 is 0.967 bits per heavy atom. The third-order valence-corrected chi connectivity index (χ3v) is 4.90. The number of para-hydroxylation sites is 1. The van der Waals surface area contributed by atoms with Crippen LogP contribution in [0, 0.1) is 0 Å². The maximum Gasteiger partial charge on any atom is 0.262 e. The normalized spacial score (nSPS) is 12.6. The van der Waals surface area contributed by atoms with Crippen LogP contribution in [0.2, 0.25) is 0 Å². The Morgan fingerprint density at radius 2 is 1.77 bits per heavy atom. The van der Waals surface area contributed by atoms with E-state index in [1.807, 2.05) is 54.6 Å². The van der Waals surface area contributed by atoms with E-state index in [1.165, 1.54) is 0 Å². The fourth-order valence-electron chi connectivity index (χ4n) is 3.48. The van der Waals surface area contributed by atoms with Gasteiger partial charge in [0.15, 0.2) is 6.61 Å². The highest BCUT2D eigenvalue weighted by Gasteiger charge is 2.18. The van der Waals surface area contributed by atoms with Crippen LogP contribution in [0.3, 0.4) is 0 Å². The third-order valence-electron chi connectivity index (χ3n) is 4.90. The summed E-state index contributed by atoms with van der Waals surface area (Å²) in [7, 11) is 0. The minimum atomic E-state index is -0.256. The highest BCUT2D eigenvalue weighted by atomic mass is 16.5. The minimum Gasteiger partial charge on any atom is -0.482 e. The SMILES string of the molecule is O=C1COc2ccc(NC(=O)c3cc(-c4ccccc4)nc4ccccc34)cc2N1. The van der Waals surface area contributed by atoms with Crippen LogP contribution in [0.15, 0.2) is 78.9 Å². The van der Waals surface area contributed by atoms with Crippen LogP contribution in [0.25, 0.3) is 22.2 Å². The molecule has 0 saturated carbocycles. The van der Waals surface area contributed by atoms with Crippen molar-refractivity contribution in [2.24, 2.45) is 0 Å². The molecule has 6 heteroatoms. The number of aromatic nitrogens is 1. The van der Waals surface area contributed by atoms with Crippen LogP contribution in [0.4, 0.5) is 11.4 Å². The van der Waals surface area contributed by atoms with Gasteiger partial charge in [0.1, 0.15) is 5.75 Å². The molecule has 0 unspecified atom stereocenters. The van der Waals surface area contributed by atoms with Gasteiger partial charge in [-0.15, -0.1) is 0 Å². The van der Waals surface area contributed by atoms with Crippen molar-refractivity contribution >= 4 is 34.1 Å². The van der Waals surface area contributed by atoms with E-state index in [0.29, 0.717) is 22.7 Å². The Morgan fingerprint density at radius 3 is 2.63 bits per heavy atom. The Labute approximate surface area is 172 Å². The smallest absolute Gasteiger partial charge is 0.262 e. The van der Waals surface area contributed by atoms with E-state index in [1.54, 1.807) is 24.3 Å². The first-order valence-corrected chi connectivity index (χ1v) is 9.51. The average molecular weight is 395 g/mol. The number of fused-ring (bicyclic) bond motifs is 2. The van der Waals surface area contributed by atoms with Crippen molar-refractivity contribution in [2.45, 2.75) is 0 Å². The van der Waals surface area contributed by atoms with E-state index in [4.69, 9.17) is 9.72 Å². The van der Waals surface area contributed by atoms with Gasteiger partial charge in [0.2, 0.25) is 0 Å². The van der Waals surface area contributed by atoms with Crippen LogP contribution in [-0.2, 0) is 4.79 Å². The molecule has 3 aromatic carbocycles. The van der Waals surface area contributed by atoms with E-state index in [0.717, 1.165) is 22.2 Å². The summed E-state index contributed by atoms with van der Waals surface area (Å²) in [4.78, 5) is 29.5. The molecule has 2 N–H and O–H groups in total. The van der Waals surface area contributed by atoms with Gasteiger partial charge in [-0.05, 0) is 30.3 Å². The molecule has 30 heavy (non-hydrogen) atoms. The predicted molar refractivity (Wildman–Crippen MR) is 116 cm³/mol. The number of ether oxygens (including phenoxy) is 1. The molecule has 0 bridgehead atoms. The van der Waals surface area contributed by atoms with Crippen LogP contribution in [-0.4, -0.2) is 23.4 Å². The fourth-order valence-corrected chi connectivity index (χ4v) is 3.48. The Bertz CT molecular complexity index is 1290. The van der Waals surface area contributed by atoms with E-state index in [-0.39, 0.29) is 18.4 Å². The minimum absolute atomic E-state index is 0.00995. The van der Waals surface area contributed by atoms with Crippen LogP contribution >= 0.6 is 0 Å². The zero-order valence-electron chi connectivity index (χ0n) is 15.9. The maximum absolute atomic E-state index is 13.2. The number of carbonyl (C=O) groups is 2. The second kappa shape index (κ2) is 7.33. The molecule has 1 aliphatic heterocycles. The summed E-state index contributed by atoms with van der Waals surface area (Å²) in [6, 6.07) is 24.3. The number of carbonyl (C=O) groups excluding carboxylic acids is 2. The second-order valence-corrected chi connectivity index (χ2v) is 6.94. The van der Waals surface area contributed by atoms with Gasteiger partial charge in [0, 0.05) is 16.6 Å². The Kier molecular flexibility index (Phi) is 4.37. The number of benzene rings is 3. The van der Waals surface area contributed by atoms with Gasteiger partial charge in [-0.1, -0.05) is 48.5 Å². The third kappa shape index (κ3) is 3.35. The van der Waals surface area contributed by atoms with Gasteiger partial charge in [0.25, 0.3) is 11.8 Å². The first kappa shape index (κ1) is 17.9. The number of pyridine rings is 1. The van der Waals surface area contributed by atoms with E-state index < -0.39 is 0 Å². The molecule has 5 rings (SSSR count). The lowest BCUT2D eigenvalue weighted by atomic mass is 10.0. The summed E-state index contributed by atoms with van der Waals surface area (Å²) in [6.45, 7) is -0.00995. The maximum atomic E-state index is 13.2. The fraction of sp³-hybridized carbons (Fsp3) is 0.0417. The first-order valence-electron chi connectivity index (χ1n) is 9.51. The molecule has 0 spiro atoms. The molecule has 6 nitrogen and oxygen atoms in total. The lowest BCUT2D eigenvalue weighted by molar-refractivity contribution is -0.118. The van der Waals surface area contributed by atoms with Crippen molar-refractivity contribution in [1.29, 1.82) is 0 Å². The molecule has 2 heterocycles. The molecule has 0 radical (unpaired) electrons. The zero-order valence-corrected chi connectivity index (χ0v) is 15.9. The van der Waals surface area contributed by atoms with Gasteiger partial charge in [-0.25, -0.2) is 4.98 Å². The second-order valence-electron chi connectivity index (χ2n) is 6.94. The molecule has 0 saturated heterocycles. The summed E-state index contributed by atoms with van der Waals surface area (Å²) < 4.78 is 5.37. The highest BCUT2D eigenvalue weighted by Crippen LogP contribution is 2.31. The largest absolute Gasteiger partial charge is 0.482 e. The van der Waals surface area contributed by atoms with Crippen LogP contribution < -0.4 is 15.4 Å². The predicted octanol–water partition coefficient (Wildman–Crippen LogP) is 4.49. The zero-order chi connectivity index (χ0) is 20.5. The van der Waals surface area contributed by atoms with Crippen molar-refractivity contribution in [3.8, 4) is 17.0 Å². The quantitative estimate of drug-likeness (QED) is 0.536. The molecule has 1 aliphatic rings. The average Bonchev–Trinajstić information content (AvgIpc) is 2.78. The molecular formula is C24H17N3O3. The van der Waals surface area contributed by atoms with Crippen molar-refractivity contribution in [1.82, 2.24) is 4.98 Å². The lowest BCUT2D eigenvalue weighted by Gasteiger charge is -2.18. The summed E-state index contributed by atoms with van der Waals surface area (Å²) >= 11 is 0. The molecule has 2 amide bonds. The number of hydrogen-bond acceptors (Lipinski definition) is 4. The standard InChI is InChI=1S/C24H17N3O3/c28-23-14-30-22-11-10-16(12-21(22)27-23)25-24(29)18-13-20(15-6-2-1-3-7-15)26-19-9-5-4-8-17(18)19/h1-13H,14H2,(H,25,29)(H,27,28). The molecular weight excluding hydrogens is 378 g/mol. The van der Waals surface area contributed by atoms with E-state index >= 15 is 0 Å². The molecule has 1 aromatic heterocycles. The number of nitrogens with one attached hydrogen (secondary N) is 2. The summed E-state index contributed by atoms with van der Waals surface area (Å²) in [5, 5.41) is 6.44. The molecule has 0 aliphatic carbocycles. The number of nitrogens with zero attached hydrogens (tertiary/aromatic N) is 1. The number of rotatable bonds is 3. The molecule has 146 valence electrons. The summed E-state index contributed by atoms with van der Waals surface area (Å²) in [5.74, 6) is 0.0979. The van der Waals surface area contributed by atoms with Crippen LogP contribution in [0.1, 0.15) is 10.4 Å².